The second-order valence-corrected chi connectivity index (χ2v) is 3.12. The number of ether oxygens (including phenoxy) is 2. The summed E-state index contributed by atoms with van der Waals surface area (Å²) in [6.07, 6.45) is 7.12. The maximum Gasteiger partial charge on any atom is 0.0704 e. The highest BCUT2D eigenvalue weighted by Crippen LogP contribution is 2.19. The first kappa shape index (κ1) is 9.01. The van der Waals surface area contributed by atoms with E-state index in [1.54, 1.807) is 7.11 Å². The summed E-state index contributed by atoms with van der Waals surface area (Å²) in [5, 5.41) is 0. The standard InChI is InChI=1S/C9H18O2/c1-10-7-8-11-9-5-3-2-4-6-9/h9H,2-8H2,1H3. The van der Waals surface area contributed by atoms with Gasteiger partial charge in [-0.2, -0.15) is 0 Å². The Balaban J connectivity index is 1.96. The molecule has 1 fully saturated rings. The fraction of sp³-hybridized carbons (Fsp3) is 1.00. The molecule has 1 aliphatic carbocycles. The van der Waals surface area contributed by atoms with Gasteiger partial charge in [0, 0.05) is 7.11 Å². The van der Waals surface area contributed by atoms with E-state index >= 15 is 0 Å². The van der Waals surface area contributed by atoms with Gasteiger partial charge in [0.15, 0.2) is 0 Å². The molecule has 0 unspecified atom stereocenters. The minimum absolute atomic E-state index is 0.527. The lowest BCUT2D eigenvalue weighted by molar-refractivity contribution is -0.000148. The molecule has 11 heavy (non-hydrogen) atoms. The van der Waals surface area contributed by atoms with Gasteiger partial charge in [-0.05, 0) is 12.8 Å². The highest BCUT2D eigenvalue weighted by molar-refractivity contribution is 4.64. The van der Waals surface area contributed by atoms with Crippen molar-refractivity contribution in [2.75, 3.05) is 20.3 Å². The monoisotopic (exact) mass is 158 g/mol. The Labute approximate surface area is 68.9 Å². The number of rotatable bonds is 4. The lowest BCUT2D eigenvalue weighted by atomic mass is 9.98. The molecule has 0 N–H and O–H groups in total. The summed E-state index contributed by atoms with van der Waals surface area (Å²) in [4.78, 5) is 0. The van der Waals surface area contributed by atoms with E-state index in [4.69, 9.17) is 9.47 Å². The Kier molecular flexibility index (Phi) is 4.55. The smallest absolute Gasteiger partial charge is 0.0704 e. The molecule has 0 aromatic carbocycles. The summed E-state index contributed by atoms with van der Waals surface area (Å²) < 4.78 is 10.5. The molecule has 0 aliphatic heterocycles. The summed E-state index contributed by atoms with van der Waals surface area (Å²) in [5.74, 6) is 0. The molecule has 0 atom stereocenters. The summed E-state index contributed by atoms with van der Waals surface area (Å²) in [6.45, 7) is 1.50. The first-order valence-electron chi connectivity index (χ1n) is 4.54. The largest absolute Gasteiger partial charge is 0.382 e. The van der Waals surface area contributed by atoms with Gasteiger partial charge in [-0.15, -0.1) is 0 Å². The summed E-state index contributed by atoms with van der Waals surface area (Å²) in [6, 6.07) is 0. The zero-order valence-corrected chi connectivity index (χ0v) is 7.34. The maximum absolute atomic E-state index is 5.60. The summed E-state index contributed by atoms with van der Waals surface area (Å²) >= 11 is 0. The van der Waals surface area contributed by atoms with Crippen molar-refractivity contribution in [3.8, 4) is 0 Å². The Morgan fingerprint density at radius 1 is 1.09 bits per heavy atom. The quantitative estimate of drug-likeness (QED) is 0.582. The molecule has 0 saturated heterocycles. The molecule has 0 heterocycles. The molecule has 1 saturated carbocycles. The van der Waals surface area contributed by atoms with Gasteiger partial charge in [-0.25, -0.2) is 0 Å². The first-order valence-corrected chi connectivity index (χ1v) is 4.54. The molecule has 0 radical (unpaired) electrons. The van der Waals surface area contributed by atoms with Crippen LogP contribution in [-0.4, -0.2) is 26.4 Å². The van der Waals surface area contributed by atoms with Crippen LogP contribution in [0.25, 0.3) is 0 Å². The van der Waals surface area contributed by atoms with E-state index in [1.807, 2.05) is 0 Å². The topological polar surface area (TPSA) is 18.5 Å². The van der Waals surface area contributed by atoms with Crippen molar-refractivity contribution in [3.05, 3.63) is 0 Å². The number of hydrogen-bond acceptors (Lipinski definition) is 2. The van der Waals surface area contributed by atoms with Crippen LogP contribution < -0.4 is 0 Å². The van der Waals surface area contributed by atoms with E-state index in [2.05, 4.69) is 0 Å². The van der Waals surface area contributed by atoms with Crippen molar-refractivity contribution < 1.29 is 9.47 Å². The third-order valence-electron chi connectivity index (χ3n) is 2.19. The normalized spacial score (nSPS) is 20.5. The van der Waals surface area contributed by atoms with Gasteiger partial charge in [0.05, 0.1) is 19.3 Å². The Morgan fingerprint density at radius 3 is 2.45 bits per heavy atom. The second-order valence-electron chi connectivity index (χ2n) is 3.12. The van der Waals surface area contributed by atoms with Crippen LogP contribution in [0.15, 0.2) is 0 Å². The third kappa shape index (κ3) is 3.73. The van der Waals surface area contributed by atoms with Crippen molar-refractivity contribution >= 4 is 0 Å². The van der Waals surface area contributed by atoms with E-state index in [0.29, 0.717) is 6.10 Å². The van der Waals surface area contributed by atoms with Crippen LogP contribution >= 0.6 is 0 Å². The molecular formula is C9H18O2. The third-order valence-corrected chi connectivity index (χ3v) is 2.19. The van der Waals surface area contributed by atoms with Crippen molar-refractivity contribution in [3.63, 3.8) is 0 Å². The fourth-order valence-electron chi connectivity index (χ4n) is 1.53. The average molecular weight is 158 g/mol. The van der Waals surface area contributed by atoms with Crippen molar-refractivity contribution in [2.45, 2.75) is 38.2 Å². The zero-order chi connectivity index (χ0) is 7.94. The van der Waals surface area contributed by atoms with E-state index in [-0.39, 0.29) is 0 Å². The van der Waals surface area contributed by atoms with Crippen molar-refractivity contribution in [2.24, 2.45) is 0 Å². The summed E-state index contributed by atoms with van der Waals surface area (Å²) in [7, 11) is 1.71. The van der Waals surface area contributed by atoms with Gasteiger partial charge >= 0.3 is 0 Å². The Morgan fingerprint density at radius 2 is 1.82 bits per heavy atom. The van der Waals surface area contributed by atoms with Gasteiger partial charge in [-0.1, -0.05) is 19.3 Å². The average Bonchev–Trinajstić information content (AvgIpc) is 2.07. The van der Waals surface area contributed by atoms with Crippen molar-refractivity contribution in [1.82, 2.24) is 0 Å². The predicted molar refractivity (Wildman–Crippen MR) is 44.7 cm³/mol. The molecule has 0 spiro atoms. The van der Waals surface area contributed by atoms with Gasteiger partial charge in [0.2, 0.25) is 0 Å². The molecular weight excluding hydrogens is 140 g/mol. The van der Waals surface area contributed by atoms with E-state index in [1.165, 1.54) is 32.1 Å². The predicted octanol–water partition coefficient (Wildman–Crippen LogP) is 1.98. The Bertz CT molecular complexity index is 87.6. The van der Waals surface area contributed by atoms with Gasteiger partial charge in [-0.3, -0.25) is 0 Å². The molecule has 0 amide bonds. The van der Waals surface area contributed by atoms with Crippen LogP contribution in [0.2, 0.25) is 0 Å². The van der Waals surface area contributed by atoms with Gasteiger partial charge in [0.1, 0.15) is 0 Å². The van der Waals surface area contributed by atoms with E-state index < -0.39 is 0 Å². The molecule has 0 aromatic rings. The lowest BCUT2D eigenvalue weighted by Crippen LogP contribution is -2.18. The second kappa shape index (κ2) is 5.56. The highest BCUT2D eigenvalue weighted by atomic mass is 16.5. The molecule has 66 valence electrons. The number of hydrogen-bond donors (Lipinski definition) is 0. The van der Waals surface area contributed by atoms with Gasteiger partial charge < -0.3 is 9.47 Å². The van der Waals surface area contributed by atoms with Crippen LogP contribution in [0.3, 0.4) is 0 Å². The van der Waals surface area contributed by atoms with Crippen LogP contribution in [0.1, 0.15) is 32.1 Å². The zero-order valence-electron chi connectivity index (χ0n) is 7.34. The highest BCUT2D eigenvalue weighted by Gasteiger charge is 2.12. The summed E-state index contributed by atoms with van der Waals surface area (Å²) in [5.41, 5.74) is 0. The lowest BCUT2D eigenvalue weighted by Gasteiger charge is -2.21. The maximum atomic E-state index is 5.60. The molecule has 1 aliphatic rings. The van der Waals surface area contributed by atoms with Crippen LogP contribution in [0, 0.1) is 0 Å². The molecule has 1 rings (SSSR count). The van der Waals surface area contributed by atoms with E-state index in [0.717, 1.165) is 13.2 Å². The minimum Gasteiger partial charge on any atom is -0.382 e. The molecule has 2 heteroatoms. The van der Waals surface area contributed by atoms with Crippen LogP contribution in [0.4, 0.5) is 0 Å². The number of methoxy groups -OCH3 is 1. The molecule has 0 aromatic heterocycles. The first-order chi connectivity index (χ1) is 5.43. The van der Waals surface area contributed by atoms with Crippen molar-refractivity contribution in [1.29, 1.82) is 0 Å². The Hall–Kier alpha value is -0.0800. The van der Waals surface area contributed by atoms with Gasteiger partial charge in [0.25, 0.3) is 0 Å². The van der Waals surface area contributed by atoms with Crippen LogP contribution in [-0.2, 0) is 9.47 Å². The van der Waals surface area contributed by atoms with Crippen LogP contribution in [0.5, 0.6) is 0 Å². The SMILES string of the molecule is COCCOC1CCCCC1. The molecule has 0 bridgehead atoms. The fourth-order valence-corrected chi connectivity index (χ4v) is 1.53. The minimum atomic E-state index is 0.527. The molecule has 2 nitrogen and oxygen atoms in total. The van der Waals surface area contributed by atoms with E-state index in [9.17, 15) is 0 Å².